The van der Waals surface area contributed by atoms with Crippen molar-refractivity contribution in [2.24, 2.45) is 0 Å². The van der Waals surface area contributed by atoms with Gasteiger partial charge in [0.2, 0.25) is 0 Å². The molecule has 4 nitrogen and oxygen atoms in total. The van der Waals surface area contributed by atoms with Crippen LogP contribution >= 0.6 is 27.3 Å². The molecule has 0 spiro atoms. The number of hydrogen-bond donors (Lipinski definition) is 0. The van der Waals surface area contributed by atoms with Gasteiger partial charge >= 0.3 is 0 Å². The zero-order chi connectivity index (χ0) is 24.6. The average molecular weight is 552 g/mol. The molecular formula is C30H23BrN4S. The topological polar surface area (TPSA) is 35.6 Å². The third-order valence-electron chi connectivity index (χ3n) is 6.15. The summed E-state index contributed by atoms with van der Waals surface area (Å²) in [5.74, 6) is 0. The van der Waals surface area contributed by atoms with Crippen LogP contribution in [0.3, 0.4) is 0 Å². The predicted octanol–water partition coefficient (Wildman–Crippen LogP) is 8.50. The van der Waals surface area contributed by atoms with Crippen molar-refractivity contribution in [1.29, 1.82) is 0 Å². The van der Waals surface area contributed by atoms with Crippen LogP contribution in [0.25, 0.3) is 44.5 Å². The molecule has 3 heterocycles. The molecule has 0 unspecified atom stereocenters. The Hall–Kier alpha value is -3.74. The zero-order valence-electron chi connectivity index (χ0n) is 19.9. The first-order valence-electron chi connectivity index (χ1n) is 11.7. The molecule has 0 aliphatic rings. The number of para-hydroxylation sites is 1. The molecular weight excluding hydrogens is 528 g/mol. The van der Waals surface area contributed by atoms with E-state index < -0.39 is 0 Å². The highest BCUT2D eigenvalue weighted by Gasteiger charge is 2.21. The minimum Gasteiger partial charge on any atom is -0.240 e. The summed E-state index contributed by atoms with van der Waals surface area (Å²) in [4.78, 5) is 1.10. The second-order valence-electron chi connectivity index (χ2n) is 8.80. The molecule has 0 N–H and O–H groups in total. The Balaban J connectivity index is 1.59. The molecule has 0 radical (unpaired) electrons. The second kappa shape index (κ2) is 9.37. The zero-order valence-corrected chi connectivity index (χ0v) is 22.3. The smallest absolute Gasteiger partial charge is 0.112 e. The average Bonchev–Trinajstić information content (AvgIpc) is 3.63. The molecule has 36 heavy (non-hydrogen) atoms. The second-order valence-corrected chi connectivity index (χ2v) is 11.3. The molecule has 0 saturated heterocycles. The van der Waals surface area contributed by atoms with E-state index in [1.807, 2.05) is 27.6 Å². The van der Waals surface area contributed by atoms with Gasteiger partial charge in [-0.1, -0.05) is 65.7 Å². The minimum atomic E-state index is 0.927. The number of thiophene rings is 1. The minimum absolute atomic E-state index is 0.927. The first-order valence-corrected chi connectivity index (χ1v) is 13.3. The number of rotatable bonds is 5. The number of nitrogens with zero attached hydrogens (tertiary/aromatic N) is 4. The van der Waals surface area contributed by atoms with Crippen molar-refractivity contribution in [3.8, 4) is 44.5 Å². The van der Waals surface area contributed by atoms with Gasteiger partial charge in [0.25, 0.3) is 0 Å². The first kappa shape index (κ1) is 22.7. The maximum absolute atomic E-state index is 5.08. The predicted molar refractivity (Wildman–Crippen MR) is 152 cm³/mol. The fraction of sp³-hybridized carbons (Fsp3) is 0.0667. The highest BCUT2D eigenvalue weighted by Crippen LogP contribution is 2.39. The standard InChI is InChI=1S/C30H23BrN4S/c1-20-8-12-22(13-9-20)26-18-27(35(32-26)24-14-10-21(2)11-15-24)25-19-34(23-6-4-3-5-7-23)33-30(25)28-16-17-29(31)36-28/h3-19H,1-2H3. The van der Waals surface area contributed by atoms with Crippen LogP contribution in [0.5, 0.6) is 0 Å². The lowest BCUT2D eigenvalue weighted by Gasteiger charge is -2.08. The van der Waals surface area contributed by atoms with Crippen LogP contribution in [0.4, 0.5) is 0 Å². The molecule has 0 amide bonds. The molecule has 6 aromatic rings. The molecule has 6 rings (SSSR count). The quantitative estimate of drug-likeness (QED) is 0.215. The molecule has 0 saturated carbocycles. The van der Waals surface area contributed by atoms with E-state index in [0.29, 0.717) is 0 Å². The first-order chi connectivity index (χ1) is 17.5. The van der Waals surface area contributed by atoms with Crippen molar-refractivity contribution >= 4 is 27.3 Å². The van der Waals surface area contributed by atoms with Gasteiger partial charge in [-0.3, -0.25) is 0 Å². The fourth-order valence-electron chi connectivity index (χ4n) is 4.22. The van der Waals surface area contributed by atoms with Gasteiger partial charge in [0.1, 0.15) is 5.69 Å². The Bertz CT molecular complexity index is 1640. The molecule has 6 heteroatoms. The van der Waals surface area contributed by atoms with Crippen LogP contribution in [0.1, 0.15) is 11.1 Å². The van der Waals surface area contributed by atoms with Crippen molar-refractivity contribution < 1.29 is 0 Å². The monoisotopic (exact) mass is 550 g/mol. The molecule has 0 atom stereocenters. The summed E-state index contributed by atoms with van der Waals surface area (Å²) in [5.41, 5.74) is 9.44. The highest BCUT2D eigenvalue weighted by molar-refractivity contribution is 9.11. The van der Waals surface area contributed by atoms with E-state index >= 15 is 0 Å². The van der Waals surface area contributed by atoms with Gasteiger partial charge in [0, 0.05) is 17.3 Å². The highest BCUT2D eigenvalue weighted by atomic mass is 79.9. The summed E-state index contributed by atoms with van der Waals surface area (Å²) in [5, 5.41) is 10.1. The number of hydrogen-bond acceptors (Lipinski definition) is 3. The van der Waals surface area contributed by atoms with Gasteiger partial charge < -0.3 is 0 Å². The number of aryl methyl sites for hydroxylation is 2. The van der Waals surface area contributed by atoms with Crippen LogP contribution < -0.4 is 0 Å². The SMILES string of the molecule is Cc1ccc(-c2cc(-c3cn(-c4ccccc4)nc3-c3ccc(Br)s3)n(-c3ccc(C)cc3)n2)cc1. The van der Waals surface area contributed by atoms with E-state index in [1.165, 1.54) is 11.1 Å². The molecule has 0 fully saturated rings. The van der Waals surface area contributed by atoms with Crippen LogP contribution in [-0.2, 0) is 0 Å². The molecule has 3 aromatic carbocycles. The van der Waals surface area contributed by atoms with Gasteiger partial charge in [0.05, 0.1) is 31.4 Å². The van der Waals surface area contributed by atoms with Crippen molar-refractivity contribution in [3.05, 3.63) is 118 Å². The van der Waals surface area contributed by atoms with Crippen LogP contribution in [0.15, 0.2) is 107 Å². The van der Waals surface area contributed by atoms with Gasteiger partial charge in [0.15, 0.2) is 0 Å². The molecule has 0 aliphatic heterocycles. The van der Waals surface area contributed by atoms with Crippen molar-refractivity contribution in [1.82, 2.24) is 19.6 Å². The van der Waals surface area contributed by atoms with E-state index in [4.69, 9.17) is 10.2 Å². The van der Waals surface area contributed by atoms with E-state index in [0.717, 1.165) is 48.2 Å². The Morgan fingerprint density at radius 1 is 0.722 bits per heavy atom. The molecule has 0 bridgehead atoms. The van der Waals surface area contributed by atoms with Crippen LogP contribution in [0, 0.1) is 13.8 Å². The third-order valence-corrected chi connectivity index (χ3v) is 7.78. The maximum atomic E-state index is 5.08. The fourth-order valence-corrected chi connectivity index (χ4v) is 5.60. The summed E-state index contributed by atoms with van der Waals surface area (Å²) in [6, 6.07) is 33.6. The van der Waals surface area contributed by atoms with E-state index in [9.17, 15) is 0 Å². The van der Waals surface area contributed by atoms with E-state index in [2.05, 4.69) is 115 Å². The van der Waals surface area contributed by atoms with Gasteiger partial charge in [-0.05, 0) is 72.2 Å². The normalized spacial score (nSPS) is 11.2. The Morgan fingerprint density at radius 3 is 2.08 bits per heavy atom. The summed E-state index contributed by atoms with van der Waals surface area (Å²) >= 11 is 5.30. The van der Waals surface area contributed by atoms with Crippen LogP contribution in [0.2, 0.25) is 0 Å². The lowest BCUT2D eigenvalue weighted by atomic mass is 10.1. The van der Waals surface area contributed by atoms with Gasteiger partial charge in [-0.2, -0.15) is 10.2 Å². The van der Waals surface area contributed by atoms with E-state index in [-0.39, 0.29) is 0 Å². The number of aromatic nitrogens is 4. The summed E-state index contributed by atoms with van der Waals surface area (Å²) in [6.07, 6.45) is 2.11. The van der Waals surface area contributed by atoms with Gasteiger partial charge in [-0.25, -0.2) is 9.36 Å². The Kier molecular flexibility index (Phi) is 5.91. The Labute approximate surface area is 222 Å². The third kappa shape index (κ3) is 4.34. The molecule has 3 aromatic heterocycles. The van der Waals surface area contributed by atoms with Gasteiger partial charge in [-0.15, -0.1) is 11.3 Å². The van der Waals surface area contributed by atoms with E-state index in [1.54, 1.807) is 11.3 Å². The number of benzene rings is 3. The summed E-state index contributed by atoms with van der Waals surface area (Å²) in [6.45, 7) is 4.20. The molecule has 176 valence electrons. The van der Waals surface area contributed by atoms with Crippen molar-refractivity contribution in [2.45, 2.75) is 13.8 Å². The summed E-state index contributed by atoms with van der Waals surface area (Å²) < 4.78 is 5.06. The van der Waals surface area contributed by atoms with Crippen molar-refractivity contribution in [3.63, 3.8) is 0 Å². The summed E-state index contributed by atoms with van der Waals surface area (Å²) in [7, 11) is 0. The number of halogens is 1. The lowest BCUT2D eigenvalue weighted by molar-refractivity contribution is 0.882. The Morgan fingerprint density at radius 2 is 1.42 bits per heavy atom. The maximum Gasteiger partial charge on any atom is 0.112 e. The lowest BCUT2D eigenvalue weighted by Crippen LogP contribution is -1.99. The van der Waals surface area contributed by atoms with Crippen molar-refractivity contribution in [2.75, 3.05) is 0 Å². The largest absolute Gasteiger partial charge is 0.240 e. The molecule has 0 aliphatic carbocycles. The van der Waals surface area contributed by atoms with Crippen LogP contribution in [-0.4, -0.2) is 19.6 Å².